The SMILES string of the molecule is N#Cc1ccnc(N2CCN(CC(=O)NC(c3ccc(F)cc3)c3cccs3)CC2)c1. The van der Waals surface area contributed by atoms with E-state index < -0.39 is 0 Å². The van der Waals surface area contributed by atoms with E-state index in [-0.39, 0.29) is 17.8 Å². The Bertz CT molecular complexity index is 1060. The summed E-state index contributed by atoms with van der Waals surface area (Å²) in [7, 11) is 0. The van der Waals surface area contributed by atoms with Crippen LogP contribution in [0.2, 0.25) is 0 Å². The molecule has 1 saturated heterocycles. The van der Waals surface area contributed by atoms with Gasteiger partial charge in [-0.1, -0.05) is 18.2 Å². The number of carbonyl (C=O) groups is 1. The van der Waals surface area contributed by atoms with Gasteiger partial charge in [0.15, 0.2) is 0 Å². The zero-order valence-corrected chi connectivity index (χ0v) is 17.7. The third-order valence-electron chi connectivity index (χ3n) is 5.27. The number of halogens is 1. The molecule has 0 aliphatic carbocycles. The number of carbonyl (C=O) groups excluding carboxylic acids is 1. The van der Waals surface area contributed by atoms with E-state index in [9.17, 15) is 9.18 Å². The molecule has 3 heterocycles. The highest BCUT2D eigenvalue weighted by atomic mass is 32.1. The number of nitrogens with zero attached hydrogens (tertiary/aromatic N) is 4. The van der Waals surface area contributed by atoms with Crippen LogP contribution in [-0.2, 0) is 4.79 Å². The third kappa shape index (κ3) is 5.26. The number of hydrogen-bond donors (Lipinski definition) is 1. The molecule has 1 aromatic carbocycles. The van der Waals surface area contributed by atoms with E-state index in [4.69, 9.17) is 5.26 Å². The minimum absolute atomic E-state index is 0.0687. The van der Waals surface area contributed by atoms with Crippen molar-refractivity contribution in [2.75, 3.05) is 37.6 Å². The standard InChI is InChI=1S/C23H22FN5OS/c24-19-5-3-18(4-6-19)23(20-2-1-13-31-20)27-22(30)16-28-9-11-29(12-10-28)21-14-17(15-25)7-8-26-21/h1-8,13-14,23H,9-12,16H2,(H,27,30). The molecule has 0 spiro atoms. The minimum Gasteiger partial charge on any atom is -0.354 e. The van der Waals surface area contributed by atoms with Crippen molar-refractivity contribution >= 4 is 23.1 Å². The first-order valence-electron chi connectivity index (χ1n) is 10.0. The Morgan fingerprint density at radius 2 is 1.97 bits per heavy atom. The summed E-state index contributed by atoms with van der Waals surface area (Å²) in [6.45, 7) is 3.23. The lowest BCUT2D eigenvalue weighted by molar-refractivity contribution is -0.122. The molecule has 1 N–H and O–H groups in total. The van der Waals surface area contributed by atoms with Crippen LogP contribution in [0.5, 0.6) is 0 Å². The van der Waals surface area contributed by atoms with E-state index in [2.05, 4.69) is 26.2 Å². The molecule has 6 nitrogen and oxygen atoms in total. The van der Waals surface area contributed by atoms with E-state index in [1.54, 1.807) is 41.8 Å². The molecule has 3 aromatic rings. The lowest BCUT2D eigenvalue weighted by atomic mass is 10.1. The van der Waals surface area contributed by atoms with Crippen LogP contribution in [0.25, 0.3) is 0 Å². The van der Waals surface area contributed by atoms with Crippen LogP contribution in [-0.4, -0.2) is 48.5 Å². The number of aromatic nitrogens is 1. The average Bonchev–Trinajstić information content (AvgIpc) is 3.33. The average molecular weight is 436 g/mol. The molecule has 4 rings (SSSR count). The Balaban J connectivity index is 1.35. The maximum absolute atomic E-state index is 13.3. The third-order valence-corrected chi connectivity index (χ3v) is 6.21. The van der Waals surface area contributed by atoms with Crippen LogP contribution in [0.4, 0.5) is 10.2 Å². The lowest BCUT2D eigenvalue weighted by Gasteiger charge is -2.35. The maximum Gasteiger partial charge on any atom is 0.234 e. The molecule has 31 heavy (non-hydrogen) atoms. The van der Waals surface area contributed by atoms with Gasteiger partial charge in [0, 0.05) is 37.3 Å². The molecule has 2 aromatic heterocycles. The number of amides is 1. The molecular weight excluding hydrogens is 413 g/mol. The maximum atomic E-state index is 13.3. The number of piperazine rings is 1. The molecule has 1 aliphatic rings. The van der Waals surface area contributed by atoms with E-state index in [0.29, 0.717) is 12.1 Å². The van der Waals surface area contributed by atoms with Crippen LogP contribution in [0, 0.1) is 17.1 Å². The van der Waals surface area contributed by atoms with Crippen molar-refractivity contribution in [3.63, 3.8) is 0 Å². The van der Waals surface area contributed by atoms with Crippen LogP contribution in [0.15, 0.2) is 60.1 Å². The molecule has 0 radical (unpaired) electrons. The van der Waals surface area contributed by atoms with Crippen molar-refractivity contribution in [2.45, 2.75) is 6.04 Å². The summed E-state index contributed by atoms with van der Waals surface area (Å²) >= 11 is 1.56. The van der Waals surface area contributed by atoms with E-state index in [1.807, 2.05) is 17.5 Å². The molecule has 1 aliphatic heterocycles. The van der Waals surface area contributed by atoms with Gasteiger partial charge in [-0.15, -0.1) is 11.3 Å². The quantitative estimate of drug-likeness (QED) is 0.644. The second-order valence-electron chi connectivity index (χ2n) is 7.35. The Hall–Kier alpha value is -3.28. The lowest BCUT2D eigenvalue weighted by Crippen LogP contribution is -2.50. The van der Waals surface area contributed by atoms with Crippen LogP contribution in [0.3, 0.4) is 0 Å². The highest BCUT2D eigenvalue weighted by Crippen LogP contribution is 2.26. The number of benzene rings is 1. The van der Waals surface area contributed by atoms with Crippen molar-refractivity contribution in [3.8, 4) is 6.07 Å². The molecule has 1 fully saturated rings. The van der Waals surface area contributed by atoms with Crippen molar-refractivity contribution in [2.24, 2.45) is 0 Å². The summed E-state index contributed by atoms with van der Waals surface area (Å²) in [5, 5.41) is 14.1. The Morgan fingerprint density at radius 1 is 1.19 bits per heavy atom. The Kier molecular flexibility index (Phi) is 6.55. The summed E-state index contributed by atoms with van der Waals surface area (Å²) in [5.74, 6) is 0.422. The number of thiophene rings is 1. The number of anilines is 1. The summed E-state index contributed by atoms with van der Waals surface area (Å²) < 4.78 is 13.3. The van der Waals surface area contributed by atoms with Gasteiger partial charge < -0.3 is 10.2 Å². The number of pyridine rings is 1. The predicted molar refractivity (Wildman–Crippen MR) is 118 cm³/mol. The van der Waals surface area contributed by atoms with Crippen LogP contribution in [0.1, 0.15) is 22.0 Å². The Labute approximate surface area is 184 Å². The van der Waals surface area contributed by atoms with Gasteiger partial charge in [0.05, 0.1) is 24.2 Å². The smallest absolute Gasteiger partial charge is 0.234 e. The van der Waals surface area contributed by atoms with Crippen molar-refractivity contribution < 1.29 is 9.18 Å². The summed E-state index contributed by atoms with van der Waals surface area (Å²) in [4.78, 5) is 22.4. The molecule has 1 atom stereocenters. The number of hydrogen-bond acceptors (Lipinski definition) is 6. The summed E-state index contributed by atoms with van der Waals surface area (Å²) in [6.07, 6.45) is 1.65. The number of nitrogens with one attached hydrogen (secondary N) is 1. The minimum atomic E-state index is -0.299. The van der Waals surface area contributed by atoms with E-state index in [1.165, 1.54) is 12.1 Å². The first-order valence-corrected chi connectivity index (χ1v) is 10.9. The number of nitriles is 1. The Morgan fingerprint density at radius 3 is 2.65 bits per heavy atom. The van der Waals surface area contributed by atoms with Crippen molar-refractivity contribution in [1.82, 2.24) is 15.2 Å². The second-order valence-corrected chi connectivity index (χ2v) is 8.32. The van der Waals surface area contributed by atoms with Gasteiger partial charge in [-0.2, -0.15) is 5.26 Å². The summed E-state index contributed by atoms with van der Waals surface area (Å²) in [6, 6.07) is 15.5. The van der Waals surface area contributed by atoms with Crippen LogP contribution < -0.4 is 10.2 Å². The van der Waals surface area contributed by atoms with Gasteiger partial charge in [-0.25, -0.2) is 9.37 Å². The van der Waals surface area contributed by atoms with Gasteiger partial charge >= 0.3 is 0 Å². The highest BCUT2D eigenvalue weighted by molar-refractivity contribution is 7.10. The van der Waals surface area contributed by atoms with Gasteiger partial charge in [0.25, 0.3) is 0 Å². The fraction of sp³-hybridized carbons (Fsp3) is 0.261. The first kappa shape index (κ1) is 21.0. The second kappa shape index (κ2) is 9.69. The number of rotatable bonds is 6. The fourth-order valence-electron chi connectivity index (χ4n) is 3.64. The zero-order chi connectivity index (χ0) is 21.6. The molecule has 158 valence electrons. The zero-order valence-electron chi connectivity index (χ0n) is 16.9. The largest absolute Gasteiger partial charge is 0.354 e. The van der Waals surface area contributed by atoms with Gasteiger partial charge in [-0.05, 0) is 41.3 Å². The van der Waals surface area contributed by atoms with Crippen molar-refractivity contribution in [3.05, 3.63) is 81.9 Å². The molecule has 0 bridgehead atoms. The van der Waals surface area contributed by atoms with Crippen molar-refractivity contribution in [1.29, 1.82) is 5.26 Å². The van der Waals surface area contributed by atoms with Gasteiger partial charge in [-0.3, -0.25) is 9.69 Å². The summed E-state index contributed by atoms with van der Waals surface area (Å²) in [5.41, 5.74) is 1.44. The topological polar surface area (TPSA) is 72.3 Å². The van der Waals surface area contributed by atoms with E-state index >= 15 is 0 Å². The molecule has 1 unspecified atom stereocenters. The van der Waals surface area contributed by atoms with E-state index in [0.717, 1.165) is 42.4 Å². The molecule has 0 saturated carbocycles. The molecule has 8 heteroatoms. The first-order chi connectivity index (χ1) is 15.1. The van der Waals surface area contributed by atoms with Crippen LogP contribution >= 0.6 is 11.3 Å². The normalized spacial score (nSPS) is 15.3. The fourth-order valence-corrected chi connectivity index (χ4v) is 4.44. The molecule has 1 amide bonds. The monoisotopic (exact) mass is 435 g/mol. The predicted octanol–water partition coefficient (Wildman–Crippen LogP) is 3.18. The highest BCUT2D eigenvalue weighted by Gasteiger charge is 2.23. The van der Waals surface area contributed by atoms with Gasteiger partial charge in [0.2, 0.25) is 5.91 Å². The van der Waals surface area contributed by atoms with Gasteiger partial charge in [0.1, 0.15) is 11.6 Å². The molecular formula is C23H22FN5OS.